The van der Waals surface area contributed by atoms with Gasteiger partial charge in [0.1, 0.15) is 0 Å². The monoisotopic (exact) mass is 343 g/mol. The average Bonchev–Trinajstić information content (AvgIpc) is 3.23. The SMILES string of the molecule is C[C@@H]1Oc2c(cccc2C(=O)N2CCC[C@H]2[C@H]2CCCN2C)NC1=O. The van der Waals surface area contributed by atoms with Gasteiger partial charge in [0, 0.05) is 18.6 Å². The number of hydrogen-bond acceptors (Lipinski definition) is 4. The molecular formula is C19H25N3O3. The zero-order valence-electron chi connectivity index (χ0n) is 14.8. The number of carbonyl (C=O) groups is 2. The zero-order chi connectivity index (χ0) is 17.6. The van der Waals surface area contributed by atoms with Crippen molar-refractivity contribution in [1.82, 2.24) is 9.80 Å². The highest BCUT2D eigenvalue weighted by Crippen LogP contribution is 2.36. The lowest BCUT2D eigenvalue weighted by Crippen LogP contribution is -2.47. The normalized spacial score (nSPS) is 29.3. The molecule has 1 aromatic carbocycles. The van der Waals surface area contributed by atoms with E-state index in [0.717, 1.165) is 32.4 Å². The van der Waals surface area contributed by atoms with Gasteiger partial charge in [-0.2, -0.15) is 0 Å². The van der Waals surface area contributed by atoms with Crippen LogP contribution in [0.4, 0.5) is 5.69 Å². The van der Waals surface area contributed by atoms with Crippen LogP contribution in [-0.2, 0) is 4.79 Å². The van der Waals surface area contributed by atoms with E-state index in [1.54, 1.807) is 25.1 Å². The van der Waals surface area contributed by atoms with Crippen LogP contribution in [0.15, 0.2) is 18.2 Å². The molecule has 25 heavy (non-hydrogen) atoms. The number of fused-ring (bicyclic) bond motifs is 1. The molecule has 0 aliphatic carbocycles. The number of benzene rings is 1. The molecule has 2 saturated heterocycles. The van der Waals surface area contributed by atoms with Gasteiger partial charge >= 0.3 is 0 Å². The van der Waals surface area contributed by atoms with E-state index in [-0.39, 0.29) is 17.9 Å². The van der Waals surface area contributed by atoms with Gasteiger partial charge in [-0.1, -0.05) is 6.07 Å². The molecule has 2 amide bonds. The van der Waals surface area contributed by atoms with Gasteiger partial charge in [-0.05, 0) is 58.3 Å². The Morgan fingerprint density at radius 3 is 2.72 bits per heavy atom. The third-order valence-corrected chi connectivity index (χ3v) is 5.75. The Balaban J connectivity index is 1.63. The molecule has 3 aliphatic heterocycles. The van der Waals surface area contributed by atoms with E-state index in [1.165, 1.54) is 6.42 Å². The first-order valence-corrected chi connectivity index (χ1v) is 9.18. The number of nitrogens with one attached hydrogen (secondary N) is 1. The molecular weight excluding hydrogens is 318 g/mol. The fourth-order valence-corrected chi connectivity index (χ4v) is 4.42. The maximum atomic E-state index is 13.3. The van der Waals surface area contributed by atoms with Crippen molar-refractivity contribution in [2.45, 2.75) is 50.8 Å². The summed E-state index contributed by atoms with van der Waals surface area (Å²) in [4.78, 5) is 29.5. The third kappa shape index (κ3) is 2.78. The molecule has 0 saturated carbocycles. The third-order valence-electron chi connectivity index (χ3n) is 5.75. The molecule has 6 heteroatoms. The first-order valence-electron chi connectivity index (χ1n) is 9.18. The predicted octanol–water partition coefficient (Wildman–Crippen LogP) is 2.10. The van der Waals surface area contributed by atoms with Crippen LogP contribution in [-0.4, -0.2) is 59.9 Å². The van der Waals surface area contributed by atoms with E-state index >= 15 is 0 Å². The average molecular weight is 343 g/mol. The van der Waals surface area contributed by atoms with Gasteiger partial charge in [-0.15, -0.1) is 0 Å². The number of rotatable bonds is 2. The molecule has 3 aliphatic rings. The first kappa shape index (κ1) is 16.4. The smallest absolute Gasteiger partial charge is 0.265 e. The van der Waals surface area contributed by atoms with Crippen molar-refractivity contribution in [1.29, 1.82) is 0 Å². The second-order valence-corrected chi connectivity index (χ2v) is 7.33. The van der Waals surface area contributed by atoms with E-state index in [9.17, 15) is 9.59 Å². The van der Waals surface area contributed by atoms with Crippen molar-refractivity contribution in [3.8, 4) is 5.75 Å². The maximum Gasteiger partial charge on any atom is 0.265 e. The highest BCUT2D eigenvalue weighted by Gasteiger charge is 2.40. The van der Waals surface area contributed by atoms with Crippen molar-refractivity contribution in [3.63, 3.8) is 0 Å². The van der Waals surface area contributed by atoms with Crippen molar-refractivity contribution >= 4 is 17.5 Å². The summed E-state index contributed by atoms with van der Waals surface area (Å²) in [6.45, 7) is 3.60. The second kappa shape index (κ2) is 6.33. The van der Waals surface area contributed by atoms with Crippen LogP contribution in [0.25, 0.3) is 0 Å². The van der Waals surface area contributed by atoms with Crippen LogP contribution >= 0.6 is 0 Å². The van der Waals surface area contributed by atoms with Crippen LogP contribution in [0.3, 0.4) is 0 Å². The number of carbonyl (C=O) groups excluding carboxylic acids is 2. The molecule has 6 nitrogen and oxygen atoms in total. The quantitative estimate of drug-likeness (QED) is 0.893. The molecule has 134 valence electrons. The van der Waals surface area contributed by atoms with Crippen LogP contribution in [0.1, 0.15) is 43.0 Å². The van der Waals surface area contributed by atoms with Gasteiger partial charge in [0.25, 0.3) is 11.8 Å². The predicted molar refractivity (Wildman–Crippen MR) is 94.9 cm³/mol. The van der Waals surface area contributed by atoms with Crippen LogP contribution in [0.5, 0.6) is 5.75 Å². The van der Waals surface area contributed by atoms with E-state index in [2.05, 4.69) is 17.3 Å². The number of para-hydroxylation sites is 1. The number of amides is 2. The van der Waals surface area contributed by atoms with Gasteiger partial charge in [-0.3, -0.25) is 9.59 Å². The Labute approximate surface area is 148 Å². The molecule has 0 aromatic heterocycles. The van der Waals surface area contributed by atoms with Crippen molar-refractivity contribution in [2.75, 3.05) is 25.5 Å². The van der Waals surface area contributed by atoms with E-state index < -0.39 is 6.10 Å². The minimum atomic E-state index is -0.586. The van der Waals surface area contributed by atoms with E-state index in [4.69, 9.17) is 4.74 Å². The number of hydrogen-bond donors (Lipinski definition) is 1. The number of nitrogens with zero attached hydrogens (tertiary/aromatic N) is 2. The molecule has 4 rings (SSSR count). The highest BCUT2D eigenvalue weighted by molar-refractivity contribution is 6.04. The molecule has 3 atom stereocenters. The van der Waals surface area contributed by atoms with Crippen molar-refractivity contribution in [3.05, 3.63) is 23.8 Å². The standard InChI is InChI=1S/C19H25N3O3/c1-12-18(23)20-14-7-3-6-13(17(14)25-12)19(24)22-11-5-9-16(22)15-8-4-10-21(15)2/h3,6-7,12,15-16H,4-5,8-11H2,1-2H3,(H,20,23)/t12-,15+,16-/m0/s1. The largest absolute Gasteiger partial charge is 0.478 e. The Hall–Kier alpha value is -2.08. The van der Waals surface area contributed by atoms with E-state index in [1.807, 2.05) is 4.90 Å². The fourth-order valence-electron chi connectivity index (χ4n) is 4.42. The first-order chi connectivity index (χ1) is 12.1. The van der Waals surface area contributed by atoms with Crippen LogP contribution in [0.2, 0.25) is 0 Å². The van der Waals surface area contributed by atoms with Gasteiger partial charge in [0.05, 0.1) is 11.3 Å². The fraction of sp³-hybridized carbons (Fsp3) is 0.579. The zero-order valence-corrected chi connectivity index (χ0v) is 14.8. The summed E-state index contributed by atoms with van der Waals surface area (Å²) >= 11 is 0. The summed E-state index contributed by atoms with van der Waals surface area (Å²) in [5, 5.41) is 2.83. The lowest BCUT2D eigenvalue weighted by Gasteiger charge is -2.34. The molecule has 0 radical (unpaired) electrons. The lowest BCUT2D eigenvalue weighted by atomic mass is 10.0. The molecule has 2 fully saturated rings. The molecule has 3 heterocycles. The van der Waals surface area contributed by atoms with Gasteiger partial charge in [-0.25, -0.2) is 0 Å². The molecule has 0 bridgehead atoms. The second-order valence-electron chi connectivity index (χ2n) is 7.33. The number of likely N-dealkylation sites (tertiary alicyclic amines) is 2. The Morgan fingerprint density at radius 1 is 1.20 bits per heavy atom. The molecule has 1 aromatic rings. The maximum absolute atomic E-state index is 13.3. The summed E-state index contributed by atoms with van der Waals surface area (Å²) < 4.78 is 5.77. The van der Waals surface area contributed by atoms with Gasteiger partial charge in [0.2, 0.25) is 0 Å². The summed E-state index contributed by atoms with van der Waals surface area (Å²) in [5.74, 6) is 0.344. The lowest BCUT2D eigenvalue weighted by molar-refractivity contribution is -0.122. The highest BCUT2D eigenvalue weighted by atomic mass is 16.5. The van der Waals surface area contributed by atoms with Crippen molar-refractivity contribution < 1.29 is 14.3 Å². The number of ether oxygens (including phenoxy) is 1. The number of likely N-dealkylation sites (N-methyl/N-ethyl adjacent to an activating group) is 1. The summed E-state index contributed by atoms with van der Waals surface area (Å²) in [6.07, 6.45) is 3.87. The minimum absolute atomic E-state index is 0.0167. The summed E-state index contributed by atoms with van der Waals surface area (Å²) in [7, 11) is 2.16. The van der Waals surface area contributed by atoms with Crippen molar-refractivity contribution in [2.24, 2.45) is 0 Å². The Morgan fingerprint density at radius 2 is 1.96 bits per heavy atom. The van der Waals surface area contributed by atoms with Gasteiger partial charge < -0.3 is 19.9 Å². The molecule has 0 spiro atoms. The van der Waals surface area contributed by atoms with Gasteiger partial charge in [0.15, 0.2) is 11.9 Å². The molecule has 0 unspecified atom stereocenters. The van der Waals surface area contributed by atoms with Crippen LogP contribution < -0.4 is 10.1 Å². The molecule has 1 N–H and O–H groups in total. The summed E-state index contributed by atoms with van der Waals surface area (Å²) in [6, 6.07) is 6.11. The Kier molecular flexibility index (Phi) is 4.15. The number of anilines is 1. The van der Waals surface area contributed by atoms with Crippen LogP contribution in [0, 0.1) is 0 Å². The minimum Gasteiger partial charge on any atom is -0.478 e. The van der Waals surface area contributed by atoms with E-state index in [0.29, 0.717) is 23.0 Å². The topological polar surface area (TPSA) is 61.9 Å². The Bertz CT molecular complexity index is 705. The summed E-state index contributed by atoms with van der Waals surface area (Å²) in [5.41, 5.74) is 1.14.